The maximum Gasteiger partial charge on any atom is 0.225 e. The molecule has 0 atom stereocenters. The molecular weight excluding hydrogens is 302 g/mol. The first-order valence-corrected chi connectivity index (χ1v) is 9.19. The predicted octanol–water partition coefficient (Wildman–Crippen LogP) is 4.62. The number of carbonyl (C=O) groups excluding carboxylic acids is 1. The van der Waals surface area contributed by atoms with Gasteiger partial charge in [-0.1, -0.05) is 49.0 Å². The molecule has 0 aromatic heterocycles. The number of amides is 1. The topological polar surface area (TPSA) is 20.3 Å². The summed E-state index contributed by atoms with van der Waals surface area (Å²) in [7, 11) is 0. The SMILES string of the molecule is CCCCC1CCC(C(=O)N(CCC)CCBr)CC1. The second-order valence-electron chi connectivity index (χ2n) is 5.87. The molecule has 19 heavy (non-hydrogen) atoms. The number of alkyl halides is 1. The van der Waals surface area contributed by atoms with Crippen molar-refractivity contribution in [2.75, 3.05) is 18.4 Å². The Balaban J connectivity index is 2.37. The smallest absolute Gasteiger partial charge is 0.225 e. The molecule has 0 unspecified atom stereocenters. The van der Waals surface area contributed by atoms with Crippen molar-refractivity contribution in [3.63, 3.8) is 0 Å². The van der Waals surface area contributed by atoms with Crippen molar-refractivity contribution in [3.05, 3.63) is 0 Å². The molecule has 1 fully saturated rings. The van der Waals surface area contributed by atoms with Gasteiger partial charge in [0.2, 0.25) is 5.91 Å². The molecule has 0 aromatic carbocycles. The zero-order valence-corrected chi connectivity index (χ0v) is 14.3. The molecule has 1 aliphatic carbocycles. The van der Waals surface area contributed by atoms with Gasteiger partial charge in [0, 0.05) is 24.3 Å². The van der Waals surface area contributed by atoms with Gasteiger partial charge < -0.3 is 4.90 Å². The third kappa shape index (κ3) is 5.85. The molecule has 0 saturated heterocycles. The second kappa shape index (κ2) is 9.79. The molecule has 1 aliphatic rings. The Morgan fingerprint density at radius 1 is 1.11 bits per heavy atom. The van der Waals surface area contributed by atoms with Gasteiger partial charge in [-0.25, -0.2) is 0 Å². The third-order valence-electron chi connectivity index (χ3n) is 4.32. The molecular formula is C16H30BrNO. The van der Waals surface area contributed by atoms with Crippen LogP contribution in [0.3, 0.4) is 0 Å². The molecule has 0 radical (unpaired) electrons. The van der Waals surface area contributed by atoms with Crippen LogP contribution < -0.4 is 0 Å². The minimum atomic E-state index is 0.309. The maximum atomic E-state index is 12.5. The summed E-state index contributed by atoms with van der Waals surface area (Å²) in [5, 5.41) is 0.893. The first-order valence-electron chi connectivity index (χ1n) is 8.07. The number of rotatable bonds is 8. The fourth-order valence-corrected chi connectivity index (χ4v) is 3.58. The van der Waals surface area contributed by atoms with Crippen molar-refractivity contribution in [1.82, 2.24) is 4.90 Å². The van der Waals surface area contributed by atoms with Gasteiger partial charge in [-0.2, -0.15) is 0 Å². The highest BCUT2D eigenvalue weighted by Gasteiger charge is 2.28. The first kappa shape index (κ1) is 17.0. The van der Waals surface area contributed by atoms with Crippen molar-refractivity contribution in [2.24, 2.45) is 11.8 Å². The summed E-state index contributed by atoms with van der Waals surface area (Å²) in [5.41, 5.74) is 0. The highest BCUT2D eigenvalue weighted by atomic mass is 79.9. The Bertz CT molecular complexity index is 243. The third-order valence-corrected chi connectivity index (χ3v) is 4.68. The average Bonchev–Trinajstić information content (AvgIpc) is 2.44. The number of halogens is 1. The van der Waals surface area contributed by atoms with Gasteiger partial charge in [0.05, 0.1) is 0 Å². The van der Waals surface area contributed by atoms with Crippen molar-refractivity contribution in [3.8, 4) is 0 Å². The number of nitrogens with zero attached hydrogens (tertiary/aromatic N) is 1. The maximum absolute atomic E-state index is 12.5. The standard InChI is InChI=1S/C16H30BrNO/c1-3-5-6-14-7-9-15(10-8-14)16(19)18(12-4-2)13-11-17/h14-15H,3-13H2,1-2H3. The van der Waals surface area contributed by atoms with Crippen molar-refractivity contribution in [2.45, 2.75) is 65.2 Å². The molecule has 0 heterocycles. The minimum Gasteiger partial charge on any atom is -0.342 e. The van der Waals surface area contributed by atoms with E-state index in [0.717, 1.165) is 43.6 Å². The van der Waals surface area contributed by atoms with Crippen LogP contribution in [0.1, 0.15) is 65.2 Å². The number of carbonyl (C=O) groups is 1. The summed E-state index contributed by atoms with van der Waals surface area (Å²) in [6, 6.07) is 0. The van der Waals surface area contributed by atoms with E-state index in [9.17, 15) is 4.79 Å². The molecule has 0 spiro atoms. The van der Waals surface area contributed by atoms with Gasteiger partial charge in [0.25, 0.3) is 0 Å². The van der Waals surface area contributed by atoms with E-state index >= 15 is 0 Å². The summed E-state index contributed by atoms with van der Waals surface area (Å²) >= 11 is 3.46. The fourth-order valence-electron chi connectivity index (χ4n) is 3.15. The molecule has 0 bridgehead atoms. The lowest BCUT2D eigenvalue weighted by Gasteiger charge is -2.32. The largest absolute Gasteiger partial charge is 0.342 e. The van der Waals surface area contributed by atoms with Crippen LogP contribution in [0.15, 0.2) is 0 Å². The van der Waals surface area contributed by atoms with Gasteiger partial charge in [-0.15, -0.1) is 0 Å². The lowest BCUT2D eigenvalue weighted by Crippen LogP contribution is -2.39. The van der Waals surface area contributed by atoms with Crippen LogP contribution in [0, 0.1) is 11.8 Å². The molecule has 1 saturated carbocycles. The van der Waals surface area contributed by atoms with Crippen LogP contribution in [0.25, 0.3) is 0 Å². The second-order valence-corrected chi connectivity index (χ2v) is 6.67. The van der Waals surface area contributed by atoms with E-state index in [1.54, 1.807) is 0 Å². The number of unbranched alkanes of at least 4 members (excludes halogenated alkanes) is 1. The van der Waals surface area contributed by atoms with Crippen molar-refractivity contribution >= 4 is 21.8 Å². The highest BCUT2D eigenvalue weighted by Crippen LogP contribution is 2.32. The van der Waals surface area contributed by atoms with Crippen LogP contribution in [-0.4, -0.2) is 29.2 Å². The van der Waals surface area contributed by atoms with E-state index in [2.05, 4.69) is 34.7 Å². The molecule has 1 amide bonds. The van der Waals surface area contributed by atoms with E-state index in [4.69, 9.17) is 0 Å². The minimum absolute atomic E-state index is 0.309. The molecule has 3 heteroatoms. The number of hydrogen-bond acceptors (Lipinski definition) is 1. The summed E-state index contributed by atoms with van der Waals surface area (Å²) in [6.45, 7) is 6.19. The highest BCUT2D eigenvalue weighted by molar-refractivity contribution is 9.09. The lowest BCUT2D eigenvalue weighted by atomic mass is 9.79. The normalized spacial score (nSPS) is 23.3. The van der Waals surface area contributed by atoms with Gasteiger partial charge in [0.15, 0.2) is 0 Å². The predicted molar refractivity (Wildman–Crippen MR) is 85.6 cm³/mol. The molecule has 0 aliphatic heterocycles. The Hall–Kier alpha value is -0.0500. The summed E-state index contributed by atoms with van der Waals surface area (Å²) < 4.78 is 0. The van der Waals surface area contributed by atoms with Crippen molar-refractivity contribution in [1.29, 1.82) is 0 Å². The van der Waals surface area contributed by atoms with Crippen LogP contribution >= 0.6 is 15.9 Å². The van der Waals surface area contributed by atoms with Gasteiger partial charge in [0.1, 0.15) is 0 Å². The van der Waals surface area contributed by atoms with Crippen molar-refractivity contribution < 1.29 is 4.79 Å². The van der Waals surface area contributed by atoms with Gasteiger partial charge in [-0.05, 0) is 38.0 Å². The van der Waals surface area contributed by atoms with Gasteiger partial charge in [-0.3, -0.25) is 4.79 Å². The molecule has 112 valence electrons. The van der Waals surface area contributed by atoms with Crippen LogP contribution in [-0.2, 0) is 4.79 Å². The van der Waals surface area contributed by atoms with Crippen LogP contribution in [0.4, 0.5) is 0 Å². The van der Waals surface area contributed by atoms with Gasteiger partial charge >= 0.3 is 0 Å². The van der Waals surface area contributed by atoms with E-state index in [0.29, 0.717) is 11.8 Å². The zero-order chi connectivity index (χ0) is 14.1. The lowest BCUT2D eigenvalue weighted by molar-refractivity contribution is -0.136. The molecule has 1 rings (SSSR count). The Morgan fingerprint density at radius 3 is 2.32 bits per heavy atom. The molecule has 2 nitrogen and oxygen atoms in total. The fraction of sp³-hybridized carbons (Fsp3) is 0.938. The van der Waals surface area contributed by atoms with Crippen LogP contribution in [0.5, 0.6) is 0 Å². The zero-order valence-electron chi connectivity index (χ0n) is 12.7. The van der Waals surface area contributed by atoms with E-state index in [1.165, 1.54) is 32.1 Å². The number of hydrogen-bond donors (Lipinski definition) is 0. The van der Waals surface area contributed by atoms with E-state index < -0.39 is 0 Å². The van der Waals surface area contributed by atoms with E-state index in [-0.39, 0.29) is 0 Å². The Morgan fingerprint density at radius 2 is 1.79 bits per heavy atom. The quantitative estimate of drug-likeness (QED) is 0.594. The summed E-state index contributed by atoms with van der Waals surface area (Å²) in [6.07, 6.45) is 9.87. The Kier molecular flexibility index (Phi) is 8.76. The molecule has 0 aromatic rings. The summed E-state index contributed by atoms with van der Waals surface area (Å²) in [4.78, 5) is 14.6. The van der Waals surface area contributed by atoms with Crippen LogP contribution in [0.2, 0.25) is 0 Å². The first-order chi connectivity index (χ1) is 9.22. The molecule has 0 N–H and O–H groups in total. The van der Waals surface area contributed by atoms with E-state index in [1.807, 2.05) is 0 Å². The summed E-state index contributed by atoms with van der Waals surface area (Å²) in [5.74, 6) is 1.61. The average molecular weight is 332 g/mol. The Labute approximate surface area is 127 Å². The monoisotopic (exact) mass is 331 g/mol.